The van der Waals surface area contributed by atoms with Crippen LogP contribution < -0.4 is 10.2 Å². The highest BCUT2D eigenvalue weighted by atomic mass is 19.1. The Morgan fingerprint density at radius 3 is 2.56 bits per heavy atom. The summed E-state index contributed by atoms with van der Waals surface area (Å²) in [7, 11) is 0. The monoisotopic (exact) mass is 371 g/mol. The predicted molar refractivity (Wildman–Crippen MR) is 105 cm³/mol. The number of halogens is 1. The van der Waals surface area contributed by atoms with Crippen LogP contribution in [0.25, 0.3) is 0 Å². The number of carbonyl (C=O) groups is 1. The summed E-state index contributed by atoms with van der Waals surface area (Å²) in [6.07, 6.45) is -0.683. The van der Waals surface area contributed by atoms with Crippen molar-refractivity contribution in [1.82, 2.24) is 4.90 Å². The number of hydrogen-bond acceptors (Lipinski definition) is 4. The lowest BCUT2D eigenvalue weighted by atomic mass is 10.1. The Balaban J connectivity index is 1.52. The Morgan fingerprint density at radius 1 is 1.19 bits per heavy atom. The van der Waals surface area contributed by atoms with Crippen LogP contribution in [-0.4, -0.2) is 48.6 Å². The van der Waals surface area contributed by atoms with Gasteiger partial charge in [0.1, 0.15) is 5.82 Å². The first-order valence-electron chi connectivity index (χ1n) is 9.24. The van der Waals surface area contributed by atoms with E-state index in [0.29, 0.717) is 44.0 Å². The number of nitrogens with zero attached hydrogens (tertiary/aromatic N) is 2. The standard InChI is InChI=1S/C21H26FN3O2/c1-15-4-3-5-18(12-15)23-21(27)14-24-8-10-25(11-9-24)20-7-6-17(16(2)26)13-19(20)22/h3-7,12-13,16,26H,8-11,14H2,1-2H3,(H,23,27). The SMILES string of the molecule is Cc1cccc(NC(=O)CN2CCN(c3ccc(C(C)O)cc3F)CC2)c1. The Hall–Kier alpha value is -2.44. The maximum atomic E-state index is 14.3. The van der Waals surface area contributed by atoms with Gasteiger partial charge in [-0.05, 0) is 49.2 Å². The zero-order chi connectivity index (χ0) is 19.4. The molecule has 2 N–H and O–H groups in total. The van der Waals surface area contributed by atoms with Crippen LogP contribution in [0.2, 0.25) is 0 Å². The third-order valence-corrected chi connectivity index (χ3v) is 4.84. The Morgan fingerprint density at radius 2 is 1.93 bits per heavy atom. The van der Waals surface area contributed by atoms with Crippen molar-refractivity contribution in [3.05, 3.63) is 59.4 Å². The lowest BCUT2D eigenvalue weighted by Gasteiger charge is -2.36. The van der Waals surface area contributed by atoms with Crippen LogP contribution in [0.3, 0.4) is 0 Å². The van der Waals surface area contributed by atoms with Crippen LogP contribution in [-0.2, 0) is 4.79 Å². The molecule has 27 heavy (non-hydrogen) atoms. The predicted octanol–water partition coefficient (Wildman–Crippen LogP) is 2.95. The lowest BCUT2D eigenvalue weighted by molar-refractivity contribution is -0.117. The van der Waals surface area contributed by atoms with Crippen molar-refractivity contribution in [2.45, 2.75) is 20.0 Å². The second-order valence-electron chi connectivity index (χ2n) is 7.07. The number of nitrogens with one attached hydrogen (secondary N) is 1. The molecule has 3 rings (SSSR count). The minimum absolute atomic E-state index is 0.0403. The second-order valence-corrected chi connectivity index (χ2v) is 7.07. The molecule has 1 amide bonds. The van der Waals surface area contributed by atoms with Crippen molar-refractivity contribution in [1.29, 1.82) is 0 Å². The van der Waals surface area contributed by atoms with Crippen LogP contribution in [0.15, 0.2) is 42.5 Å². The van der Waals surface area contributed by atoms with E-state index >= 15 is 0 Å². The van der Waals surface area contributed by atoms with E-state index in [1.165, 1.54) is 6.07 Å². The molecule has 0 saturated carbocycles. The topological polar surface area (TPSA) is 55.8 Å². The van der Waals surface area contributed by atoms with Gasteiger partial charge in [-0.1, -0.05) is 18.2 Å². The summed E-state index contributed by atoms with van der Waals surface area (Å²) in [5.74, 6) is -0.361. The van der Waals surface area contributed by atoms with E-state index in [0.717, 1.165) is 11.3 Å². The van der Waals surface area contributed by atoms with E-state index < -0.39 is 6.10 Å². The van der Waals surface area contributed by atoms with Crippen LogP contribution in [0.5, 0.6) is 0 Å². The number of rotatable bonds is 5. The molecule has 0 bridgehead atoms. The zero-order valence-electron chi connectivity index (χ0n) is 15.8. The average Bonchev–Trinajstić information content (AvgIpc) is 2.62. The molecule has 1 aliphatic heterocycles. The molecule has 1 saturated heterocycles. The van der Waals surface area contributed by atoms with Crippen molar-refractivity contribution >= 4 is 17.3 Å². The summed E-state index contributed by atoms with van der Waals surface area (Å²) in [6.45, 7) is 6.63. The fraction of sp³-hybridized carbons (Fsp3) is 0.381. The van der Waals surface area contributed by atoms with E-state index in [-0.39, 0.29) is 11.7 Å². The van der Waals surface area contributed by atoms with Crippen molar-refractivity contribution in [3.63, 3.8) is 0 Å². The second kappa shape index (κ2) is 8.50. The minimum atomic E-state index is -0.683. The Bertz CT molecular complexity index is 802. The molecule has 0 radical (unpaired) electrons. The molecule has 1 unspecified atom stereocenters. The maximum Gasteiger partial charge on any atom is 0.238 e. The third kappa shape index (κ3) is 5.05. The molecule has 1 aliphatic rings. The van der Waals surface area contributed by atoms with E-state index in [1.54, 1.807) is 19.1 Å². The van der Waals surface area contributed by atoms with E-state index in [1.807, 2.05) is 36.1 Å². The molecule has 144 valence electrons. The van der Waals surface area contributed by atoms with Gasteiger partial charge in [0.25, 0.3) is 0 Å². The van der Waals surface area contributed by atoms with Crippen molar-refractivity contribution < 1.29 is 14.3 Å². The van der Waals surface area contributed by atoms with Crippen molar-refractivity contribution in [2.24, 2.45) is 0 Å². The molecule has 5 nitrogen and oxygen atoms in total. The largest absolute Gasteiger partial charge is 0.389 e. The van der Waals surface area contributed by atoms with Crippen molar-refractivity contribution in [3.8, 4) is 0 Å². The molecular weight excluding hydrogens is 345 g/mol. The Labute approximate surface area is 159 Å². The number of aliphatic hydroxyl groups excluding tert-OH is 1. The summed E-state index contributed by atoms with van der Waals surface area (Å²) in [5, 5.41) is 12.5. The van der Waals surface area contributed by atoms with Gasteiger partial charge in [0.2, 0.25) is 5.91 Å². The molecule has 6 heteroatoms. The van der Waals surface area contributed by atoms with E-state index in [2.05, 4.69) is 10.2 Å². The highest BCUT2D eigenvalue weighted by molar-refractivity contribution is 5.92. The first kappa shape index (κ1) is 19.3. The highest BCUT2D eigenvalue weighted by Gasteiger charge is 2.21. The summed E-state index contributed by atoms with van der Waals surface area (Å²) in [4.78, 5) is 16.3. The van der Waals surface area contributed by atoms with Gasteiger partial charge >= 0.3 is 0 Å². The number of amides is 1. The van der Waals surface area contributed by atoms with E-state index in [9.17, 15) is 14.3 Å². The highest BCUT2D eigenvalue weighted by Crippen LogP contribution is 2.24. The molecule has 0 spiro atoms. The molecule has 1 fully saturated rings. The van der Waals surface area contributed by atoms with Gasteiger partial charge < -0.3 is 15.3 Å². The molecule has 2 aromatic rings. The Kier molecular flexibility index (Phi) is 6.08. The lowest BCUT2D eigenvalue weighted by Crippen LogP contribution is -2.48. The van der Waals surface area contributed by atoms with Gasteiger partial charge in [-0.2, -0.15) is 0 Å². The van der Waals surface area contributed by atoms with Crippen LogP contribution in [0, 0.1) is 12.7 Å². The van der Waals surface area contributed by atoms with Crippen LogP contribution in [0.1, 0.15) is 24.2 Å². The normalized spacial score (nSPS) is 16.2. The number of hydrogen-bond donors (Lipinski definition) is 2. The fourth-order valence-corrected chi connectivity index (χ4v) is 3.31. The molecule has 0 aromatic heterocycles. The third-order valence-electron chi connectivity index (χ3n) is 4.84. The van der Waals surface area contributed by atoms with Gasteiger partial charge in [0, 0.05) is 31.9 Å². The van der Waals surface area contributed by atoms with Crippen LogP contribution in [0.4, 0.5) is 15.8 Å². The van der Waals surface area contributed by atoms with Gasteiger partial charge in [0.05, 0.1) is 18.3 Å². The number of anilines is 2. The van der Waals surface area contributed by atoms with Gasteiger partial charge in [0.15, 0.2) is 0 Å². The number of aryl methyl sites for hydroxylation is 1. The smallest absolute Gasteiger partial charge is 0.238 e. The minimum Gasteiger partial charge on any atom is -0.389 e. The first-order chi connectivity index (χ1) is 12.9. The quantitative estimate of drug-likeness (QED) is 0.849. The number of carbonyl (C=O) groups excluding carboxylic acids is 1. The van der Waals surface area contributed by atoms with Crippen molar-refractivity contribution in [2.75, 3.05) is 42.9 Å². The molecular formula is C21H26FN3O2. The zero-order valence-corrected chi connectivity index (χ0v) is 15.8. The number of piperazine rings is 1. The summed E-state index contributed by atoms with van der Waals surface area (Å²) >= 11 is 0. The summed E-state index contributed by atoms with van der Waals surface area (Å²) < 4.78 is 14.3. The van der Waals surface area contributed by atoms with E-state index in [4.69, 9.17) is 0 Å². The first-order valence-corrected chi connectivity index (χ1v) is 9.24. The van der Waals surface area contributed by atoms with Gasteiger partial charge in [-0.3, -0.25) is 9.69 Å². The molecule has 1 atom stereocenters. The van der Waals surface area contributed by atoms with Crippen LogP contribution >= 0.6 is 0 Å². The molecule has 2 aromatic carbocycles. The maximum absolute atomic E-state index is 14.3. The summed E-state index contributed by atoms with van der Waals surface area (Å²) in [6, 6.07) is 12.6. The average molecular weight is 371 g/mol. The molecule has 1 heterocycles. The van der Waals surface area contributed by atoms with Gasteiger partial charge in [-0.25, -0.2) is 4.39 Å². The number of benzene rings is 2. The molecule has 0 aliphatic carbocycles. The van der Waals surface area contributed by atoms with Gasteiger partial charge in [-0.15, -0.1) is 0 Å². The summed E-state index contributed by atoms with van der Waals surface area (Å²) in [5.41, 5.74) is 3.02. The number of aliphatic hydroxyl groups is 1. The fourth-order valence-electron chi connectivity index (χ4n) is 3.31.